The summed E-state index contributed by atoms with van der Waals surface area (Å²) in [6, 6.07) is 8.06. The van der Waals surface area contributed by atoms with Crippen molar-refractivity contribution in [2.45, 2.75) is 19.4 Å². The first kappa shape index (κ1) is 9.71. The highest BCUT2D eigenvalue weighted by Gasteiger charge is 2.04. The van der Waals surface area contributed by atoms with Crippen LogP contribution in [0.15, 0.2) is 28.7 Å². The lowest BCUT2D eigenvalue weighted by Crippen LogP contribution is -2.15. The standard InChI is InChI=1S/C9H12BrNO/c1-7(12-11)6-8-4-2-3-5-9(8)10/h2-5,7H,6,11H2,1H3. The number of halogens is 1. The van der Waals surface area contributed by atoms with E-state index in [2.05, 4.69) is 26.8 Å². The second kappa shape index (κ2) is 4.60. The highest BCUT2D eigenvalue weighted by atomic mass is 79.9. The summed E-state index contributed by atoms with van der Waals surface area (Å²) in [7, 11) is 0. The molecule has 0 aliphatic carbocycles. The molecular formula is C9H12BrNO. The minimum absolute atomic E-state index is 0.0590. The normalized spacial score (nSPS) is 12.9. The van der Waals surface area contributed by atoms with E-state index in [1.807, 2.05) is 25.1 Å². The fourth-order valence-electron chi connectivity index (χ4n) is 1.02. The number of hydrogen-bond donors (Lipinski definition) is 1. The van der Waals surface area contributed by atoms with Gasteiger partial charge in [0.15, 0.2) is 0 Å². The lowest BCUT2D eigenvalue weighted by Gasteiger charge is -2.09. The lowest BCUT2D eigenvalue weighted by atomic mass is 10.1. The molecule has 66 valence electrons. The number of rotatable bonds is 3. The Kier molecular flexibility index (Phi) is 3.72. The van der Waals surface area contributed by atoms with Crippen LogP contribution in [-0.4, -0.2) is 6.10 Å². The van der Waals surface area contributed by atoms with Crippen LogP contribution >= 0.6 is 15.9 Å². The smallest absolute Gasteiger partial charge is 0.0799 e. The van der Waals surface area contributed by atoms with Crippen molar-refractivity contribution in [1.82, 2.24) is 0 Å². The first-order valence-electron chi connectivity index (χ1n) is 3.83. The Labute approximate surface area is 80.8 Å². The Bertz CT molecular complexity index is 252. The van der Waals surface area contributed by atoms with Gasteiger partial charge in [-0.2, -0.15) is 0 Å². The Morgan fingerprint density at radius 2 is 2.17 bits per heavy atom. The molecule has 0 heterocycles. The second-order valence-electron chi connectivity index (χ2n) is 2.74. The molecule has 0 aromatic heterocycles. The average Bonchev–Trinajstić information content (AvgIpc) is 2.09. The molecule has 1 unspecified atom stereocenters. The van der Waals surface area contributed by atoms with Crippen molar-refractivity contribution in [2.75, 3.05) is 0 Å². The van der Waals surface area contributed by atoms with Gasteiger partial charge in [0.2, 0.25) is 0 Å². The van der Waals surface area contributed by atoms with E-state index in [0.29, 0.717) is 0 Å². The molecule has 0 aliphatic heterocycles. The molecule has 1 atom stereocenters. The van der Waals surface area contributed by atoms with E-state index in [9.17, 15) is 0 Å². The van der Waals surface area contributed by atoms with Gasteiger partial charge in [0, 0.05) is 10.9 Å². The minimum atomic E-state index is 0.0590. The molecule has 2 nitrogen and oxygen atoms in total. The quantitative estimate of drug-likeness (QED) is 0.808. The summed E-state index contributed by atoms with van der Waals surface area (Å²) in [6.07, 6.45) is 0.890. The van der Waals surface area contributed by atoms with E-state index >= 15 is 0 Å². The Hall–Kier alpha value is -0.380. The predicted octanol–water partition coefficient (Wildman–Crippen LogP) is 2.27. The van der Waals surface area contributed by atoms with Gasteiger partial charge < -0.3 is 4.84 Å². The van der Waals surface area contributed by atoms with Crippen molar-refractivity contribution >= 4 is 15.9 Å². The average molecular weight is 230 g/mol. The monoisotopic (exact) mass is 229 g/mol. The highest BCUT2D eigenvalue weighted by Crippen LogP contribution is 2.17. The molecule has 0 spiro atoms. The molecule has 12 heavy (non-hydrogen) atoms. The van der Waals surface area contributed by atoms with Crippen molar-refractivity contribution in [1.29, 1.82) is 0 Å². The zero-order chi connectivity index (χ0) is 8.97. The third-order valence-electron chi connectivity index (χ3n) is 1.70. The van der Waals surface area contributed by atoms with Crippen LogP contribution in [0, 0.1) is 0 Å². The summed E-state index contributed by atoms with van der Waals surface area (Å²) in [5.74, 6) is 5.05. The van der Waals surface area contributed by atoms with Crippen LogP contribution in [0.25, 0.3) is 0 Å². The van der Waals surface area contributed by atoms with E-state index in [4.69, 9.17) is 5.90 Å². The van der Waals surface area contributed by atoms with Gasteiger partial charge in [-0.3, -0.25) is 0 Å². The predicted molar refractivity (Wildman–Crippen MR) is 52.6 cm³/mol. The zero-order valence-corrected chi connectivity index (χ0v) is 8.54. The summed E-state index contributed by atoms with van der Waals surface area (Å²) >= 11 is 3.46. The first-order valence-corrected chi connectivity index (χ1v) is 4.62. The highest BCUT2D eigenvalue weighted by molar-refractivity contribution is 9.10. The second-order valence-corrected chi connectivity index (χ2v) is 3.60. The fraction of sp³-hybridized carbons (Fsp3) is 0.333. The van der Waals surface area contributed by atoms with Crippen LogP contribution < -0.4 is 5.90 Å². The van der Waals surface area contributed by atoms with Gasteiger partial charge in [-0.1, -0.05) is 34.1 Å². The van der Waals surface area contributed by atoms with E-state index in [-0.39, 0.29) is 6.10 Å². The van der Waals surface area contributed by atoms with Crippen LogP contribution in [0.1, 0.15) is 12.5 Å². The van der Waals surface area contributed by atoms with Gasteiger partial charge in [-0.15, -0.1) is 0 Å². The zero-order valence-electron chi connectivity index (χ0n) is 6.96. The van der Waals surface area contributed by atoms with Crippen molar-refractivity contribution in [3.63, 3.8) is 0 Å². The van der Waals surface area contributed by atoms with Crippen LogP contribution in [0.2, 0.25) is 0 Å². The molecule has 1 rings (SSSR count). The van der Waals surface area contributed by atoms with Gasteiger partial charge in [0.25, 0.3) is 0 Å². The summed E-state index contributed by atoms with van der Waals surface area (Å²) < 4.78 is 1.11. The van der Waals surface area contributed by atoms with Crippen LogP contribution in [0.5, 0.6) is 0 Å². The Morgan fingerprint density at radius 3 is 2.75 bits per heavy atom. The van der Waals surface area contributed by atoms with Crippen LogP contribution in [-0.2, 0) is 11.3 Å². The first-order chi connectivity index (χ1) is 5.74. The third kappa shape index (κ3) is 2.59. The van der Waals surface area contributed by atoms with Crippen molar-refractivity contribution < 1.29 is 4.84 Å². The molecule has 0 bridgehead atoms. The largest absolute Gasteiger partial charge is 0.301 e. The molecule has 0 radical (unpaired) electrons. The topological polar surface area (TPSA) is 35.2 Å². The summed E-state index contributed by atoms with van der Waals surface area (Å²) in [5, 5.41) is 0. The fourth-order valence-corrected chi connectivity index (χ4v) is 1.47. The lowest BCUT2D eigenvalue weighted by molar-refractivity contribution is 0.0670. The van der Waals surface area contributed by atoms with Crippen molar-refractivity contribution in [3.8, 4) is 0 Å². The minimum Gasteiger partial charge on any atom is -0.301 e. The van der Waals surface area contributed by atoms with E-state index in [1.54, 1.807) is 0 Å². The van der Waals surface area contributed by atoms with E-state index in [0.717, 1.165) is 10.9 Å². The summed E-state index contributed by atoms with van der Waals surface area (Å²) in [6.45, 7) is 1.94. The molecule has 2 N–H and O–H groups in total. The maximum Gasteiger partial charge on any atom is 0.0799 e. The van der Waals surface area contributed by atoms with E-state index < -0.39 is 0 Å². The molecule has 0 aliphatic rings. The van der Waals surface area contributed by atoms with Crippen molar-refractivity contribution in [2.24, 2.45) is 5.90 Å². The SMILES string of the molecule is CC(Cc1ccccc1Br)ON. The summed E-state index contributed by atoms with van der Waals surface area (Å²) in [5.41, 5.74) is 1.22. The van der Waals surface area contributed by atoms with Gasteiger partial charge in [0.1, 0.15) is 0 Å². The molecule has 0 fully saturated rings. The molecule has 0 saturated heterocycles. The number of nitrogens with two attached hydrogens (primary N) is 1. The maximum atomic E-state index is 5.05. The molecule has 1 aromatic carbocycles. The third-order valence-corrected chi connectivity index (χ3v) is 2.47. The van der Waals surface area contributed by atoms with Gasteiger partial charge in [-0.25, -0.2) is 5.90 Å². The maximum absolute atomic E-state index is 5.05. The van der Waals surface area contributed by atoms with E-state index in [1.165, 1.54) is 5.56 Å². The van der Waals surface area contributed by atoms with Crippen LogP contribution in [0.4, 0.5) is 0 Å². The number of benzene rings is 1. The molecular weight excluding hydrogens is 218 g/mol. The molecule has 0 amide bonds. The van der Waals surface area contributed by atoms with Gasteiger partial charge in [0.05, 0.1) is 6.10 Å². The molecule has 1 aromatic rings. The van der Waals surface area contributed by atoms with Crippen molar-refractivity contribution in [3.05, 3.63) is 34.3 Å². The molecule has 3 heteroatoms. The van der Waals surface area contributed by atoms with Crippen LogP contribution in [0.3, 0.4) is 0 Å². The Balaban J connectivity index is 2.69. The summed E-state index contributed by atoms with van der Waals surface area (Å²) in [4.78, 5) is 4.69. The van der Waals surface area contributed by atoms with Gasteiger partial charge in [-0.05, 0) is 18.6 Å². The van der Waals surface area contributed by atoms with Gasteiger partial charge >= 0.3 is 0 Å². The Morgan fingerprint density at radius 1 is 1.50 bits per heavy atom. The molecule has 0 saturated carbocycles. The number of hydrogen-bond acceptors (Lipinski definition) is 2.